The first-order chi connectivity index (χ1) is 13.8. The van der Waals surface area contributed by atoms with Crippen molar-refractivity contribution in [3.63, 3.8) is 0 Å². The van der Waals surface area contributed by atoms with E-state index in [1.807, 2.05) is 0 Å². The SMILES string of the molecule is N#CCOc1c(Cl)cc(/C=C2\C(=O)NC(=O)N(c3ccc(F)cc3)C2=O)cc1Cl. The number of imide groups is 2. The summed E-state index contributed by atoms with van der Waals surface area (Å²) in [6.07, 6.45) is 1.20. The quantitative estimate of drug-likeness (QED) is 0.585. The van der Waals surface area contributed by atoms with Crippen molar-refractivity contribution >= 4 is 52.8 Å². The van der Waals surface area contributed by atoms with Crippen molar-refractivity contribution in [2.75, 3.05) is 11.5 Å². The van der Waals surface area contributed by atoms with Gasteiger partial charge in [0.05, 0.1) is 15.7 Å². The maximum Gasteiger partial charge on any atom is 0.335 e. The van der Waals surface area contributed by atoms with Gasteiger partial charge in [-0.3, -0.25) is 14.9 Å². The Morgan fingerprint density at radius 2 is 1.76 bits per heavy atom. The van der Waals surface area contributed by atoms with Gasteiger partial charge in [-0.25, -0.2) is 14.1 Å². The first kappa shape index (κ1) is 20.3. The maximum absolute atomic E-state index is 13.1. The van der Waals surface area contributed by atoms with E-state index in [-0.39, 0.29) is 39.2 Å². The van der Waals surface area contributed by atoms with Crippen molar-refractivity contribution in [3.8, 4) is 11.8 Å². The summed E-state index contributed by atoms with van der Waals surface area (Å²) in [5.41, 5.74) is 0.0200. The van der Waals surface area contributed by atoms with Crippen LogP contribution in [0.3, 0.4) is 0 Å². The molecule has 1 aliphatic heterocycles. The van der Waals surface area contributed by atoms with Crippen molar-refractivity contribution in [1.82, 2.24) is 5.32 Å². The predicted molar refractivity (Wildman–Crippen MR) is 103 cm³/mol. The fourth-order valence-electron chi connectivity index (χ4n) is 2.55. The lowest BCUT2D eigenvalue weighted by atomic mass is 10.1. The highest BCUT2D eigenvalue weighted by Crippen LogP contribution is 2.35. The van der Waals surface area contributed by atoms with E-state index in [0.717, 1.165) is 12.1 Å². The number of carbonyl (C=O) groups is 3. The Kier molecular flexibility index (Phi) is 5.82. The molecule has 0 saturated carbocycles. The highest BCUT2D eigenvalue weighted by molar-refractivity contribution is 6.40. The number of ether oxygens (including phenoxy) is 1. The molecule has 0 spiro atoms. The Morgan fingerprint density at radius 1 is 1.14 bits per heavy atom. The van der Waals surface area contributed by atoms with Crippen LogP contribution >= 0.6 is 23.2 Å². The van der Waals surface area contributed by atoms with E-state index in [4.69, 9.17) is 33.2 Å². The second-order valence-corrected chi connectivity index (χ2v) is 6.51. The maximum atomic E-state index is 13.1. The minimum absolute atomic E-state index is 0.0646. The third kappa shape index (κ3) is 4.21. The number of nitriles is 1. The number of urea groups is 1. The Balaban J connectivity index is 1.98. The van der Waals surface area contributed by atoms with E-state index in [9.17, 15) is 18.8 Å². The molecule has 0 aromatic heterocycles. The van der Waals surface area contributed by atoms with Gasteiger partial charge in [0.25, 0.3) is 11.8 Å². The van der Waals surface area contributed by atoms with E-state index in [0.29, 0.717) is 4.90 Å². The van der Waals surface area contributed by atoms with Gasteiger partial charge in [-0.05, 0) is 48.0 Å². The largest absolute Gasteiger partial charge is 0.476 e. The second-order valence-electron chi connectivity index (χ2n) is 5.69. The van der Waals surface area contributed by atoms with E-state index in [2.05, 4.69) is 5.32 Å². The van der Waals surface area contributed by atoms with Gasteiger partial charge in [-0.2, -0.15) is 5.26 Å². The lowest BCUT2D eigenvalue weighted by molar-refractivity contribution is -0.122. The van der Waals surface area contributed by atoms with E-state index < -0.39 is 23.7 Å². The first-order valence-electron chi connectivity index (χ1n) is 7.97. The Morgan fingerprint density at radius 3 is 2.34 bits per heavy atom. The summed E-state index contributed by atoms with van der Waals surface area (Å²) in [6.45, 7) is -0.268. The van der Waals surface area contributed by atoms with Crippen molar-refractivity contribution < 1.29 is 23.5 Å². The summed E-state index contributed by atoms with van der Waals surface area (Å²) in [5, 5.41) is 10.8. The number of halogens is 3. The standard InChI is InChI=1S/C19H10Cl2FN3O4/c20-14-8-10(9-15(21)16(14)29-6-5-23)7-13-17(26)24-19(28)25(18(13)27)12-3-1-11(22)2-4-12/h1-4,7-9H,6H2,(H,24,26,28)/b13-7+. The Bertz CT molecular complexity index is 1070. The number of barbiturate groups is 1. The molecule has 2 aromatic rings. The molecule has 1 saturated heterocycles. The molecule has 0 atom stereocenters. The molecule has 1 N–H and O–H groups in total. The number of rotatable bonds is 4. The van der Waals surface area contributed by atoms with Crippen molar-refractivity contribution in [1.29, 1.82) is 5.26 Å². The van der Waals surface area contributed by atoms with Gasteiger partial charge in [-0.15, -0.1) is 0 Å². The molecule has 2 aromatic carbocycles. The number of nitrogens with one attached hydrogen (secondary N) is 1. The van der Waals surface area contributed by atoms with Crippen LogP contribution in [0.1, 0.15) is 5.56 Å². The number of carbonyl (C=O) groups excluding carboxylic acids is 3. The second kappa shape index (κ2) is 8.31. The predicted octanol–water partition coefficient (Wildman–Crippen LogP) is 3.70. The van der Waals surface area contributed by atoms with Crippen LogP contribution in [0.2, 0.25) is 10.0 Å². The molecule has 0 bridgehead atoms. The van der Waals surface area contributed by atoms with Crippen LogP contribution in [-0.4, -0.2) is 24.5 Å². The van der Waals surface area contributed by atoms with E-state index in [1.54, 1.807) is 6.07 Å². The highest BCUT2D eigenvalue weighted by atomic mass is 35.5. The molecule has 29 heavy (non-hydrogen) atoms. The van der Waals surface area contributed by atoms with Crippen molar-refractivity contribution in [3.05, 3.63) is 63.4 Å². The van der Waals surface area contributed by atoms with Crippen LogP contribution in [-0.2, 0) is 9.59 Å². The van der Waals surface area contributed by atoms with Gasteiger partial charge in [0.15, 0.2) is 12.4 Å². The van der Waals surface area contributed by atoms with Crippen LogP contribution in [0.4, 0.5) is 14.9 Å². The van der Waals surface area contributed by atoms with E-state index in [1.165, 1.54) is 30.3 Å². The fourth-order valence-corrected chi connectivity index (χ4v) is 3.17. The molecule has 0 aliphatic carbocycles. The van der Waals surface area contributed by atoms with Crippen LogP contribution in [0.25, 0.3) is 6.08 Å². The lowest BCUT2D eigenvalue weighted by Gasteiger charge is -2.26. The number of nitrogens with zero attached hydrogens (tertiary/aromatic N) is 2. The van der Waals surface area contributed by atoms with Gasteiger partial charge in [0, 0.05) is 0 Å². The van der Waals surface area contributed by atoms with Gasteiger partial charge < -0.3 is 4.74 Å². The zero-order valence-electron chi connectivity index (χ0n) is 14.4. The number of benzene rings is 2. The first-order valence-corrected chi connectivity index (χ1v) is 8.73. The topological polar surface area (TPSA) is 99.5 Å². The fraction of sp³-hybridized carbons (Fsp3) is 0.0526. The van der Waals surface area contributed by atoms with Crippen LogP contribution < -0.4 is 15.0 Å². The lowest BCUT2D eigenvalue weighted by Crippen LogP contribution is -2.54. The number of amides is 4. The molecule has 0 radical (unpaired) electrons. The molecule has 3 rings (SSSR count). The summed E-state index contributed by atoms with van der Waals surface area (Å²) in [5.74, 6) is -2.27. The van der Waals surface area contributed by atoms with Crippen molar-refractivity contribution in [2.24, 2.45) is 0 Å². The van der Waals surface area contributed by atoms with Gasteiger partial charge in [0.2, 0.25) is 0 Å². The zero-order chi connectivity index (χ0) is 21.1. The molecule has 0 unspecified atom stereocenters. The minimum Gasteiger partial charge on any atom is -0.476 e. The van der Waals surface area contributed by atoms with Crippen LogP contribution in [0.5, 0.6) is 5.75 Å². The minimum atomic E-state index is -0.958. The number of anilines is 1. The number of hydrogen-bond acceptors (Lipinski definition) is 5. The smallest absolute Gasteiger partial charge is 0.335 e. The molecule has 7 nitrogen and oxygen atoms in total. The highest BCUT2D eigenvalue weighted by Gasteiger charge is 2.36. The monoisotopic (exact) mass is 433 g/mol. The van der Waals surface area contributed by atoms with E-state index >= 15 is 0 Å². The molecule has 1 heterocycles. The average molecular weight is 434 g/mol. The molecular weight excluding hydrogens is 424 g/mol. The summed E-state index contributed by atoms with van der Waals surface area (Å²) in [7, 11) is 0. The summed E-state index contributed by atoms with van der Waals surface area (Å²) >= 11 is 12.2. The van der Waals surface area contributed by atoms with Crippen LogP contribution in [0.15, 0.2) is 42.0 Å². The Labute approximate surface area is 173 Å². The number of hydrogen-bond donors (Lipinski definition) is 1. The van der Waals surface area contributed by atoms with Crippen LogP contribution in [0, 0.1) is 17.1 Å². The summed E-state index contributed by atoms with van der Waals surface area (Å²) < 4.78 is 18.3. The molecule has 1 aliphatic rings. The normalized spacial score (nSPS) is 15.3. The van der Waals surface area contributed by atoms with Crippen molar-refractivity contribution in [2.45, 2.75) is 0 Å². The summed E-state index contributed by atoms with van der Waals surface area (Å²) in [6, 6.07) is 8.21. The van der Waals surface area contributed by atoms with Gasteiger partial charge >= 0.3 is 6.03 Å². The zero-order valence-corrected chi connectivity index (χ0v) is 15.9. The van der Waals surface area contributed by atoms with Gasteiger partial charge in [-0.1, -0.05) is 23.2 Å². The molecule has 4 amide bonds. The molecule has 1 fully saturated rings. The van der Waals surface area contributed by atoms with Gasteiger partial charge in [0.1, 0.15) is 17.5 Å². The third-order valence-corrected chi connectivity index (χ3v) is 4.36. The molecular formula is C19H10Cl2FN3O4. The molecule has 10 heteroatoms. The molecule has 146 valence electrons. The Hall–Kier alpha value is -3.41. The summed E-state index contributed by atoms with van der Waals surface area (Å²) in [4.78, 5) is 37.8. The average Bonchev–Trinajstić information content (AvgIpc) is 2.66. The third-order valence-electron chi connectivity index (χ3n) is 3.80.